The van der Waals surface area contributed by atoms with E-state index < -0.39 is 0 Å². The Morgan fingerprint density at radius 3 is 2.59 bits per heavy atom. The second-order valence-corrected chi connectivity index (χ2v) is 8.42. The summed E-state index contributed by atoms with van der Waals surface area (Å²) in [6.07, 6.45) is 5.26. The molecule has 0 fully saturated rings. The van der Waals surface area contributed by atoms with Crippen molar-refractivity contribution in [2.24, 2.45) is 0 Å². The zero-order valence-electron chi connectivity index (χ0n) is 16.9. The van der Waals surface area contributed by atoms with Crippen LogP contribution in [0.25, 0.3) is 22.7 Å². The van der Waals surface area contributed by atoms with Crippen molar-refractivity contribution in [1.82, 2.24) is 24.7 Å². The van der Waals surface area contributed by atoms with Crippen molar-refractivity contribution < 1.29 is 4.42 Å². The molecule has 2 aromatic carbocycles. The molecule has 0 aliphatic rings. The van der Waals surface area contributed by atoms with E-state index >= 15 is 0 Å². The molecule has 0 atom stereocenters. The largest absolute Gasteiger partial charge is 0.440 e. The first-order valence-electron chi connectivity index (χ1n) is 9.97. The van der Waals surface area contributed by atoms with Crippen molar-refractivity contribution in [3.63, 3.8) is 0 Å². The van der Waals surface area contributed by atoms with E-state index in [1.807, 2.05) is 54.6 Å². The van der Waals surface area contributed by atoms with Gasteiger partial charge in [0.25, 0.3) is 0 Å². The van der Waals surface area contributed by atoms with E-state index in [2.05, 4.69) is 36.9 Å². The average molecular weight is 460 g/mol. The van der Waals surface area contributed by atoms with Crippen LogP contribution in [0.2, 0.25) is 5.02 Å². The summed E-state index contributed by atoms with van der Waals surface area (Å²) >= 11 is 7.62. The highest BCUT2D eigenvalue weighted by atomic mass is 35.5. The summed E-state index contributed by atoms with van der Waals surface area (Å²) in [6, 6.07) is 21.6. The second-order valence-electron chi connectivity index (χ2n) is 7.04. The molecule has 0 unspecified atom stereocenters. The van der Waals surface area contributed by atoms with Gasteiger partial charge >= 0.3 is 0 Å². The molecule has 0 N–H and O–H groups in total. The Morgan fingerprint density at radius 2 is 1.78 bits per heavy atom. The van der Waals surface area contributed by atoms with Crippen molar-refractivity contribution in [2.45, 2.75) is 17.5 Å². The normalized spacial score (nSPS) is 11.0. The van der Waals surface area contributed by atoms with Crippen LogP contribution >= 0.6 is 23.4 Å². The molecule has 0 saturated carbocycles. The molecule has 8 heteroatoms. The molecule has 3 aromatic heterocycles. The van der Waals surface area contributed by atoms with Crippen molar-refractivity contribution >= 4 is 23.4 Å². The molecule has 0 aliphatic carbocycles. The standard InChI is InChI=1S/C24H18ClN5OS/c25-20-10-4-8-18(12-20)21-14-27-22(31-21)16-32-24-29-28-23(19-9-5-11-26-13-19)30(24)15-17-6-2-1-3-7-17/h1-14H,15-16H2. The van der Waals surface area contributed by atoms with Crippen LogP contribution in [0.5, 0.6) is 0 Å². The SMILES string of the molecule is Clc1cccc(-c2cnc(CSc3nnc(-c4cccnc4)n3Cc3ccccc3)o2)c1. The van der Waals surface area contributed by atoms with Crippen LogP contribution in [0.1, 0.15) is 11.5 Å². The third-order valence-corrected chi connectivity index (χ3v) is 5.99. The lowest BCUT2D eigenvalue weighted by atomic mass is 10.2. The molecular weight excluding hydrogens is 442 g/mol. The van der Waals surface area contributed by atoms with Gasteiger partial charge in [-0.3, -0.25) is 9.55 Å². The van der Waals surface area contributed by atoms with Crippen LogP contribution in [0.15, 0.2) is 94.9 Å². The maximum atomic E-state index is 6.09. The number of nitrogens with zero attached hydrogens (tertiary/aromatic N) is 5. The second kappa shape index (κ2) is 9.38. The number of pyridine rings is 1. The summed E-state index contributed by atoms with van der Waals surface area (Å²) in [7, 11) is 0. The Balaban J connectivity index is 1.39. The van der Waals surface area contributed by atoms with Gasteiger partial charge in [0.05, 0.1) is 18.5 Å². The lowest BCUT2D eigenvalue weighted by Crippen LogP contribution is -2.04. The van der Waals surface area contributed by atoms with E-state index in [0.29, 0.717) is 29.0 Å². The molecule has 5 rings (SSSR count). The van der Waals surface area contributed by atoms with Crippen molar-refractivity contribution in [3.8, 4) is 22.7 Å². The van der Waals surface area contributed by atoms with Crippen LogP contribution in [0.3, 0.4) is 0 Å². The van der Waals surface area contributed by atoms with Gasteiger partial charge in [0, 0.05) is 28.5 Å². The summed E-state index contributed by atoms with van der Waals surface area (Å²) in [6.45, 7) is 0.653. The van der Waals surface area contributed by atoms with Gasteiger partial charge in [0.2, 0.25) is 5.89 Å². The van der Waals surface area contributed by atoms with Crippen LogP contribution in [0, 0.1) is 0 Å². The highest BCUT2D eigenvalue weighted by Crippen LogP contribution is 2.29. The topological polar surface area (TPSA) is 69.6 Å². The minimum atomic E-state index is 0.528. The fourth-order valence-corrected chi connectivity index (χ4v) is 4.27. The molecule has 6 nitrogen and oxygen atoms in total. The van der Waals surface area contributed by atoms with Gasteiger partial charge in [-0.2, -0.15) is 0 Å². The molecule has 0 aliphatic heterocycles. The third-order valence-electron chi connectivity index (χ3n) is 4.81. The summed E-state index contributed by atoms with van der Waals surface area (Å²) in [5.74, 6) is 2.60. The Labute approximate surface area is 194 Å². The third kappa shape index (κ3) is 4.59. The Kier molecular flexibility index (Phi) is 6.00. The minimum Gasteiger partial charge on any atom is -0.440 e. The predicted molar refractivity (Wildman–Crippen MR) is 125 cm³/mol. The molecule has 5 aromatic rings. The minimum absolute atomic E-state index is 0.528. The molecule has 0 amide bonds. The van der Waals surface area contributed by atoms with E-state index in [1.165, 1.54) is 17.3 Å². The first-order chi connectivity index (χ1) is 15.8. The smallest absolute Gasteiger partial charge is 0.205 e. The molecule has 32 heavy (non-hydrogen) atoms. The Morgan fingerprint density at radius 1 is 0.906 bits per heavy atom. The quantitative estimate of drug-likeness (QED) is 0.278. The van der Waals surface area contributed by atoms with Gasteiger partial charge in [-0.25, -0.2) is 4.98 Å². The van der Waals surface area contributed by atoms with E-state index in [-0.39, 0.29) is 0 Å². The maximum Gasteiger partial charge on any atom is 0.205 e. The highest BCUT2D eigenvalue weighted by Gasteiger charge is 2.16. The first-order valence-corrected chi connectivity index (χ1v) is 11.3. The van der Waals surface area contributed by atoms with Gasteiger partial charge in [0.1, 0.15) is 0 Å². The fourth-order valence-electron chi connectivity index (χ4n) is 3.29. The van der Waals surface area contributed by atoms with Gasteiger partial charge in [-0.1, -0.05) is 65.8 Å². The molecule has 0 bridgehead atoms. The van der Waals surface area contributed by atoms with Crippen LogP contribution in [0.4, 0.5) is 0 Å². The first kappa shape index (κ1) is 20.5. The fraction of sp³-hybridized carbons (Fsp3) is 0.0833. The van der Waals surface area contributed by atoms with Gasteiger partial charge in [-0.05, 0) is 29.8 Å². The predicted octanol–water partition coefficient (Wildman–Crippen LogP) is 5.99. The number of oxazole rings is 1. The average Bonchev–Trinajstić information content (AvgIpc) is 3.46. The number of thioether (sulfide) groups is 1. The van der Waals surface area contributed by atoms with Crippen molar-refractivity contribution in [2.75, 3.05) is 0 Å². The summed E-state index contributed by atoms with van der Waals surface area (Å²) in [5, 5.41) is 10.3. The lowest BCUT2D eigenvalue weighted by Gasteiger charge is -2.10. The number of halogens is 1. The van der Waals surface area contributed by atoms with Gasteiger partial charge < -0.3 is 4.42 Å². The zero-order valence-corrected chi connectivity index (χ0v) is 18.5. The summed E-state index contributed by atoms with van der Waals surface area (Å²) in [4.78, 5) is 8.65. The van der Waals surface area contributed by atoms with E-state index in [9.17, 15) is 0 Å². The highest BCUT2D eigenvalue weighted by molar-refractivity contribution is 7.98. The van der Waals surface area contributed by atoms with Crippen molar-refractivity contribution in [1.29, 1.82) is 0 Å². The Bertz CT molecular complexity index is 1320. The number of aromatic nitrogens is 5. The van der Waals surface area contributed by atoms with Crippen LogP contribution in [-0.2, 0) is 12.3 Å². The number of hydrogen-bond donors (Lipinski definition) is 0. The molecule has 0 saturated heterocycles. The van der Waals surface area contributed by atoms with E-state index in [0.717, 1.165) is 22.1 Å². The van der Waals surface area contributed by atoms with Gasteiger partial charge in [0.15, 0.2) is 16.7 Å². The number of rotatable bonds is 7. The summed E-state index contributed by atoms with van der Waals surface area (Å²) in [5.41, 5.74) is 2.98. The monoisotopic (exact) mass is 459 g/mol. The zero-order chi connectivity index (χ0) is 21.8. The van der Waals surface area contributed by atoms with E-state index in [4.69, 9.17) is 16.0 Å². The van der Waals surface area contributed by atoms with Crippen LogP contribution < -0.4 is 0 Å². The maximum absolute atomic E-state index is 6.09. The molecule has 0 radical (unpaired) electrons. The van der Waals surface area contributed by atoms with E-state index in [1.54, 1.807) is 18.6 Å². The van der Waals surface area contributed by atoms with Gasteiger partial charge in [-0.15, -0.1) is 10.2 Å². The lowest BCUT2D eigenvalue weighted by molar-refractivity contribution is 0.529. The van der Waals surface area contributed by atoms with Crippen molar-refractivity contribution in [3.05, 3.63) is 102 Å². The Hall–Kier alpha value is -3.42. The number of benzene rings is 2. The van der Waals surface area contributed by atoms with Crippen LogP contribution in [-0.4, -0.2) is 24.7 Å². The molecule has 0 spiro atoms. The summed E-state index contributed by atoms with van der Waals surface area (Å²) < 4.78 is 8.03. The molecule has 3 heterocycles. The number of hydrogen-bond acceptors (Lipinski definition) is 6. The molecule has 158 valence electrons. The molecular formula is C24H18ClN5OS.